The van der Waals surface area contributed by atoms with Gasteiger partial charge in [-0.2, -0.15) is 0 Å². The zero-order valence-electron chi connectivity index (χ0n) is 10.7. The Balaban J connectivity index is 2.40. The van der Waals surface area contributed by atoms with E-state index in [9.17, 15) is 4.79 Å². The van der Waals surface area contributed by atoms with Gasteiger partial charge in [0.1, 0.15) is 16.8 Å². The standard InChI is InChI=1S/C12H16ClN3O2/c1-8-14-10(13)9(6-17)11(15-8)16-4-5-18-12(2,3)7-16/h6H,4-5,7H2,1-3H3. The largest absolute Gasteiger partial charge is 0.372 e. The van der Waals surface area contributed by atoms with E-state index < -0.39 is 0 Å². The summed E-state index contributed by atoms with van der Waals surface area (Å²) in [6.07, 6.45) is 0.708. The van der Waals surface area contributed by atoms with Gasteiger partial charge < -0.3 is 9.64 Å². The number of hydrogen-bond donors (Lipinski definition) is 0. The van der Waals surface area contributed by atoms with Crippen LogP contribution in [0.25, 0.3) is 0 Å². The highest BCUT2D eigenvalue weighted by atomic mass is 35.5. The van der Waals surface area contributed by atoms with Gasteiger partial charge in [-0.05, 0) is 20.8 Å². The number of morpholine rings is 1. The molecule has 0 bridgehead atoms. The third kappa shape index (κ3) is 2.62. The number of nitrogens with zero attached hydrogens (tertiary/aromatic N) is 3. The second-order valence-electron chi connectivity index (χ2n) is 4.95. The zero-order valence-corrected chi connectivity index (χ0v) is 11.5. The van der Waals surface area contributed by atoms with Crippen LogP contribution in [0.2, 0.25) is 5.15 Å². The quantitative estimate of drug-likeness (QED) is 0.606. The Morgan fingerprint density at radius 1 is 1.44 bits per heavy atom. The molecule has 18 heavy (non-hydrogen) atoms. The molecular formula is C12H16ClN3O2. The topological polar surface area (TPSA) is 55.3 Å². The van der Waals surface area contributed by atoms with Gasteiger partial charge in [-0.25, -0.2) is 9.97 Å². The van der Waals surface area contributed by atoms with E-state index in [1.165, 1.54) is 0 Å². The van der Waals surface area contributed by atoms with Crippen molar-refractivity contribution in [3.05, 3.63) is 16.5 Å². The third-order valence-corrected chi connectivity index (χ3v) is 3.12. The highest BCUT2D eigenvalue weighted by Gasteiger charge is 2.29. The lowest BCUT2D eigenvalue weighted by molar-refractivity contribution is -0.0279. The second-order valence-corrected chi connectivity index (χ2v) is 5.30. The Hall–Kier alpha value is -1.20. The van der Waals surface area contributed by atoms with Crippen molar-refractivity contribution in [2.45, 2.75) is 26.4 Å². The summed E-state index contributed by atoms with van der Waals surface area (Å²) in [4.78, 5) is 21.5. The van der Waals surface area contributed by atoms with Crippen LogP contribution < -0.4 is 4.90 Å². The van der Waals surface area contributed by atoms with Crippen molar-refractivity contribution < 1.29 is 9.53 Å². The Morgan fingerprint density at radius 2 is 2.17 bits per heavy atom. The first kappa shape index (κ1) is 13.2. The lowest BCUT2D eigenvalue weighted by Crippen LogP contribution is -2.49. The number of carbonyl (C=O) groups is 1. The van der Waals surface area contributed by atoms with E-state index in [-0.39, 0.29) is 10.8 Å². The van der Waals surface area contributed by atoms with Gasteiger partial charge in [-0.15, -0.1) is 0 Å². The predicted molar refractivity (Wildman–Crippen MR) is 69.4 cm³/mol. The number of rotatable bonds is 2. The SMILES string of the molecule is Cc1nc(Cl)c(C=O)c(N2CCOC(C)(C)C2)n1. The molecule has 0 atom stereocenters. The minimum Gasteiger partial charge on any atom is -0.372 e. The molecule has 1 aliphatic rings. The van der Waals surface area contributed by atoms with Crippen molar-refractivity contribution in [1.29, 1.82) is 0 Å². The minimum absolute atomic E-state index is 0.205. The molecule has 1 aromatic rings. The molecule has 1 aliphatic heterocycles. The van der Waals surface area contributed by atoms with Gasteiger partial charge in [-0.1, -0.05) is 11.6 Å². The van der Waals surface area contributed by atoms with E-state index in [0.29, 0.717) is 43.2 Å². The Labute approximate surface area is 111 Å². The van der Waals surface area contributed by atoms with Gasteiger partial charge in [-0.3, -0.25) is 4.79 Å². The number of carbonyl (C=O) groups excluding carboxylic acids is 1. The van der Waals surface area contributed by atoms with E-state index in [0.717, 1.165) is 0 Å². The fraction of sp³-hybridized carbons (Fsp3) is 0.583. The van der Waals surface area contributed by atoms with E-state index in [1.54, 1.807) is 6.92 Å². The first-order valence-electron chi connectivity index (χ1n) is 5.81. The average molecular weight is 270 g/mol. The summed E-state index contributed by atoms with van der Waals surface area (Å²) in [6.45, 7) is 7.74. The van der Waals surface area contributed by atoms with Crippen molar-refractivity contribution in [3.8, 4) is 0 Å². The van der Waals surface area contributed by atoms with Gasteiger partial charge in [0.05, 0.1) is 17.8 Å². The smallest absolute Gasteiger partial charge is 0.156 e. The summed E-state index contributed by atoms with van der Waals surface area (Å²) < 4.78 is 5.64. The Kier molecular flexibility index (Phi) is 3.54. The molecule has 0 radical (unpaired) electrons. The molecule has 0 aromatic carbocycles. The first-order valence-corrected chi connectivity index (χ1v) is 6.19. The molecule has 6 heteroatoms. The normalized spacial score (nSPS) is 18.8. The van der Waals surface area contributed by atoms with Crippen LogP contribution in [0.4, 0.5) is 5.82 Å². The first-order chi connectivity index (χ1) is 8.43. The van der Waals surface area contributed by atoms with Gasteiger partial charge >= 0.3 is 0 Å². The number of aldehydes is 1. The molecular weight excluding hydrogens is 254 g/mol. The monoisotopic (exact) mass is 269 g/mol. The molecule has 1 aromatic heterocycles. The summed E-state index contributed by atoms with van der Waals surface area (Å²) in [7, 11) is 0. The van der Waals surface area contributed by atoms with Crippen LogP contribution in [0.3, 0.4) is 0 Å². The predicted octanol–water partition coefficient (Wildman–Crippen LogP) is 1.87. The highest BCUT2D eigenvalue weighted by Crippen LogP contribution is 2.27. The lowest BCUT2D eigenvalue weighted by atomic mass is 10.1. The molecule has 2 heterocycles. The van der Waals surface area contributed by atoms with Crippen molar-refractivity contribution in [1.82, 2.24) is 9.97 Å². The molecule has 0 unspecified atom stereocenters. The molecule has 1 fully saturated rings. The average Bonchev–Trinajstić information content (AvgIpc) is 2.26. The van der Waals surface area contributed by atoms with Crippen LogP contribution in [0, 0.1) is 6.92 Å². The van der Waals surface area contributed by atoms with Crippen LogP contribution in [0.15, 0.2) is 0 Å². The number of aryl methyl sites for hydroxylation is 1. The number of anilines is 1. The molecule has 0 spiro atoms. The molecule has 2 rings (SSSR count). The van der Waals surface area contributed by atoms with Crippen LogP contribution in [0.5, 0.6) is 0 Å². The minimum atomic E-state index is -0.260. The van der Waals surface area contributed by atoms with E-state index in [4.69, 9.17) is 16.3 Å². The van der Waals surface area contributed by atoms with Crippen LogP contribution >= 0.6 is 11.6 Å². The third-order valence-electron chi connectivity index (χ3n) is 2.83. The maximum absolute atomic E-state index is 11.1. The van der Waals surface area contributed by atoms with E-state index in [2.05, 4.69) is 9.97 Å². The molecule has 0 amide bonds. The fourth-order valence-electron chi connectivity index (χ4n) is 2.07. The van der Waals surface area contributed by atoms with Crippen LogP contribution in [-0.2, 0) is 4.74 Å². The summed E-state index contributed by atoms with van der Waals surface area (Å²) in [5, 5.41) is 0.205. The molecule has 0 aliphatic carbocycles. The molecule has 0 saturated carbocycles. The molecule has 0 N–H and O–H groups in total. The fourth-order valence-corrected chi connectivity index (χ4v) is 2.32. The second kappa shape index (κ2) is 4.82. The van der Waals surface area contributed by atoms with Gasteiger partial charge in [0, 0.05) is 13.1 Å². The van der Waals surface area contributed by atoms with E-state index in [1.807, 2.05) is 18.7 Å². The van der Waals surface area contributed by atoms with Crippen molar-refractivity contribution in [3.63, 3.8) is 0 Å². The maximum atomic E-state index is 11.1. The summed E-state index contributed by atoms with van der Waals surface area (Å²) in [5.74, 6) is 1.16. The van der Waals surface area contributed by atoms with Crippen molar-refractivity contribution >= 4 is 23.7 Å². The lowest BCUT2D eigenvalue weighted by Gasteiger charge is -2.39. The molecule has 1 saturated heterocycles. The van der Waals surface area contributed by atoms with Gasteiger partial charge in [0.15, 0.2) is 6.29 Å². The Bertz CT molecular complexity index is 477. The molecule has 98 valence electrons. The number of aromatic nitrogens is 2. The van der Waals surface area contributed by atoms with E-state index >= 15 is 0 Å². The zero-order chi connectivity index (χ0) is 13.3. The summed E-state index contributed by atoms with van der Waals surface area (Å²) in [6, 6.07) is 0. The van der Waals surface area contributed by atoms with Gasteiger partial charge in [0.25, 0.3) is 0 Å². The molecule has 5 nitrogen and oxygen atoms in total. The number of ether oxygens (including phenoxy) is 1. The van der Waals surface area contributed by atoms with Crippen LogP contribution in [-0.4, -0.2) is 41.6 Å². The summed E-state index contributed by atoms with van der Waals surface area (Å²) in [5.41, 5.74) is 0.0870. The highest BCUT2D eigenvalue weighted by molar-refractivity contribution is 6.32. The van der Waals surface area contributed by atoms with Crippen molar-refractivity contribution in [2.24, 2.45) is 0 Å². The van der Waals surface area contributed by atoms with Crippen LogP contribution in [0.1, 0.15) is 30.0 Å². The summed E-state index contributed by atoms with van der Waals surface area (Å²) >= 11 is 5.98. The number of halogens is 1. The maximum Gasteiger partial charge on any atom is 0.156 e. The number of hydrogen-bond acceptors (Lipinski definition) is 5. The van der Waals surface area contributed by atoms with Crippen molar-refractivity contribution in [2.75, 3.05) is 24.6 Å². The van der Waals surface area contributed by atoms with Gasteiger partial charge in [0.2, 0.25) is 0 Å². The Morgan fingerprint density at radius 3 is 2.78 bits per heavy atom.